The third-order valence-electron chi connectivity index (χ3n) is 5.70. The molecule has 1 aliphatic carbocycles. The van der Waals surface area contributed by atoms with Crippen molar-refractivity contribution >= 4 is 29.9 Å². The van der Waals surface area contributed by atoms with Crippen molar-refractivity contribution in [3.05, 3.63) is 47.5 Å². The Morgan fingerprint density at radius 3 is 2.46 bits per heavy atom. The zero-order chi connectivity index (χ0) is 19.2. The number of aromatic nitrogens is 3. The average molecular weight is 496 g/mol. The van der Waals surface area contributed by atoms with Crippen LogP contribution in [0.4, 0.5) is 0 Å². The largest absolute Gasteiger partial charge is 0.354 e. The van der Waals surface area contributed by atoms with Crippen LogP contribution in [0.15, 0.2) is 35.3 Å². The number of hydrogen-bond acceptors (Lipinski definition) is 3. The molecule has 2 atom stereocenters. The first-order valence-electron chi connectivity index (χ1n) is 10.0. The molecule has 0 aliphatic heterocycles. The van der Waals surface area contributed by atoms with Crippen molar-refractivity contribution in [1.29, 1.82) is 0 Å². The number of guanidine groups is 1. The number of rotatable bonds is 6. The molecule has 2 unspecified atom stereocenters. The number of nitrogens with zero attached hydrogens (tertiary/aromatic N) is 4. The molecule has 3 rings (SSSR count). The lowest BCUT2D eigenvalue weighted by atomic mass is 9.94. The maximum atomic E-state index is 4.82. The summed E-state index contributed by atoms with van der Waals surface area (Å²) in [7, 11) is 1.98. The van der Waals surface area contributed by atoms with E-state index in [2.05, 4.69) is 65.0 Å². The average Bonchev–Trinajstić information content (AvgIpc) is 3.30. The van der Waals surface area contributed by atoms with Crippen molar-refractivity contribution in [3.63, 3.8) is 0 Å². The number of halogens is 1. The van der Waals surface area contributed by atoms with Gasteiger partial charge in [0.15, 0.2) is 11.8 Å². The first kappa shape index (κ1) is 22.6. The minimum absolute atomic E-state index is 0. The van der Waals surface area contributed by atoms with Crippen molar-refractivity contribution in [1.82, 2.24) is 25.4 Å². The zero-order valence-corrected chi connectivity index (χ0v) is 19.7. The van der Waals surface area contributed by atoms with Gasteiger partial charge in [-0.25, -0.2) is 4.99 Å². The second-order valence-electron chi connectivity index (χ2n) is 7.65. The predicted octanol–water partition coefficient (Wildman–Crippen LogP) is 3.91. The van der Waals surface area contributed by atoms with E-state index in [1.54, 1.807) is 0 Å². The molecule has 0 bridgehead atoms. The molecule has 1 heterocycles. The summed E-state index contributed by atoms with van der Waals surface area (Å²) in [5, 5.41) is 15.6. The van der Waals surface area contributed by atoms with Crippen LogP contribution in [0.2, 0.25) is 0 Å². The van der Waals surface area contributed by atoms with Crippen molar-refractivity contribution in [2.24, 2.45) is 12.0 Å². The van der Waals surface area contributed by atoms with Crippen LogP contribution >= 0.6 is 24.0 Å². The lowest BCUT2D eigenvalue weighted by Gasteiger charge is -2.26. The second kappa shape index (κ2) is 10.8. The number of aryl methyl sites for hydroxylation is 1. The van der Waals surface area contributed by atoms with Gasteiger partial charge in [0.05, 0.1) is 0 Å². The summed E-state index contributed by atoms with van der Waals surface area (Å²) < 4.78 is 1.99. The van der Waals surface area contributed by atoms with Crippen LogP contribution in [-0.4, -0.2) is 32.8 Å². The van der Waals surface area contributed by atoms with Gasteiger partial charge in [0.1, 0.15) is 12.4 Å². The molecule has 0 amide bonds. The fourth-order valence-electron chi connectivity index (χ4n) is 3.52. The van der Waals surface area contributed by atoms with E-state index in [4.69, 9.17) is 4.99 Å². The van der Waals surface area contributed by atoms with Crippen LogP contribution < -0.4 is 10.6 Å². The van der Waals surface area contributed by atoms with Gasteiger partial charge >= 0.3 is 0 Å². The van der Waals surface area contributed by atoms with Gasteiger partial charge in [-0.2, -0.15) is 0 Å². The van der Waals surface area contributed by atoms with E-state index in [0.717, 1.165) is 17.6 Å². The number of aliphatic imine (C=N–C) groups is 1. The maximum absolute atomic E-state index is 4.82. The third kappa shape index (κ3) is 5.93. The Morgan fingerprint density at radius 1 is 1.18 bits per heavy atom. The number of hydrogen-bond donors (Lipinski definition) is 2. The van der Waals surface area contributed by atoms with Gasteiger partial charge in [-0.05, 0) is 32.3 Å². The minimum atomic E-state index is 0. The monoisotopic (exact) mass is 496 g/mol. The van der Waals surface area contributed by atoms with Crippen LogP contribution in [-0.2, 0) is 13.6 Å². The number of benzene rings is 1. The van der Waals surface area contributed by atoms with E-state index < -0.39 is 0 Å². The third-order valence-corrected chi connectivity index (χ3v) is 5.70. The number of nitrogens with one attached hydrogen (secondary N) is 2. The molecule has 0 radical (unpaired) electrons. The van der Waals surface area contributed by atoms with Crippen molar-refractivity contribution in [2.45, 2.75) is 71.0 Å². The molecule has 1 aromatic heterocycles. The Balaban J connectivity index is 0.00000280. The molecule has 154 valence electrons. The minimum Gasteiger partial charge on any atom is -0.354 e. The maximum Gasteiger partial charge on any atom is 0.192 e. The van der Waals surface area contributed by atoms with Gasteiger partial charge in [-0.1, -0.05) is 50.1 Å². The molecular formula is C21H33IN6. The standard InChI is InChI=1S/C21H32N6.HI/c1-15(18-10-6-5-7-11-18)16(2)23-21(24-19-12-8-9-13-19)22-14-20-26-25-17(3)27(20)4;/h5-7,10-11,15-16,19H,8-9,12-14H2,1-4H3,(H2,22,23,24);1H. The molecule has 1 aromatic carbocycles. The van der Waals surface area contributed by atoms with Crippen LogP contribution in [0.3, 0.4) is 0 Å². The van der Waals surface area contributed by atoms with Crippen LogP contribution in [0.25, 0.3) is 0 Å². The Labute approximate surface area is 185 Å². The highest BCUT2D eigenvalue weighted by molar-refractivity contribution is 14.0. The first-order valence-corrected chi connectivity index (χ1v) is 10.0. The molecule has 7 heteroatoms. The van der Waals surface area contributed by atoms with E-state index in [9.17, 15) is 0 Å². The van der Waals surface area contributed by atoms with Gasteiger partial charge in [0.25, 0.3) is 0 Å². The molecule has 28 heavy (non-hydrogen) atoms. The molecule has 2 aromatic rings. The molecule has 0 spiro atoms. The zero-order valence-electron chi connectivity index (χ0n) is 17.4. The van der Waals surface area contributed by atoms with E-state index in [0.29, 0.717) is 18.5 Å². The highest BCUT2D eigenvalue weighted by Crippen LogP contribution is 2.20. The van der Waals surface area contributed by atoms with E-state index in [-0.39, 0.29) is 30.0 Å². The molecule has 6 nitrogen and oxygen atoms in total. The SMILES string of the molecule is Cc1nnc(CN=C(NC2CCCC2)NC(C)C(C)c2ccccc2)n1C.I. The fourth-order valence-corrected chi connectivity index (χ4v) is 3.52. The summed E-state index contributed by atoms with van der Waals surface area (Å²) in [6.07, 6.45) is 5.02. The van der Waals surface area contributed by atoms with Gasteiger partial charge in [0.2, 0.25) is 0 Å². The van der Waals surface area contributed by atoms with E-state index in [1.807, 2.05) is 18.5 Å². The Morgan fingerprint density at radius 2 is 1.86 bits per heavy atom. The van der Waals surface area contributed by atoms with Gasteiger partial charge < -0.3 is 15.2 Å². The molecular weight excluding hydrogens is 463 g/mol. The van der Waals surface area contributed by atoms with Crippen molar-refractivity contribution < 1.29 is 0 Å². The smallest absolute Gasteiger partial charge is 0.192 e. The normalized spacial score (nSPS) is 17.1. The quantitative estimate of drug-likeness (QED) is 0.362. The van der Waals surface area contributed by atoms with Gasteiger partial charge in [-0.15, -0.1) is 34.2 Å². The van der Waals surface area contributed by atoms with Crippen LogP contribution in [0.1, 0.15) is 62.7 Å². The Kier molecular flexibility index (Phi) is 8.72. The predicted molar refractivity (Wildman–Crippen MR) is 125 cm³/mol. The lowest BCUT2D eigenvalue weighted by molar-refractivity contribution is 0.532. The van der Waals surface area contributed by atoms with Crippen LogP contribution in [0.5, 0.6) is 0 Å². The van der Waals surface area contributed by atoms with E-state index in [1.165, 1.54) is 31.2 Å². The van der Waals surface area contributed by atoms with Gasteiger partial charge in [0, 0.05) is 25.0 Å². The lowest BCUT2D eigenvalue weighted by Crippen LogP contribution is -2.47. The van der Waals surface area contributed by atoms with E-state index >= 15 is 0 Å². The second-order valence-corrected chi connectivity index (χ2v) is 7.65. The molecule has 1 fully saturated rings. The molecule has 1 saturated carbocycles. The summed E-state index contributed by atoms with van der Waals surface area (Å²) >= 11 is 0. The van der Waals surface area contributed by atoms with Crippen molar-refractivity contribution in [3.8, 4) is 0 Å². The summed E-state index contributed by atoms with van der Waals surface area (Å²) in [5.41, 5.74) is 1.33. The fraction of sp³-hybridized carbons (Fsp3) is 0.571. The highest BCUT2D eigenvalue weighted by Gasteiger charge is 2.20. The summed E-state index contributed by atoms with van der Waals surface area (Å²) in [5.74, 6) is 3.05. The highest BCUT2D eigenvalue weighted by atomic mass is 127. The summed E-state index contributed by atoms with van der Waals surface area (Å²) in [4.78, 5) is 4.82. The Bertz CT molecular complexity index is 752. The molecule has 2 N–H and O–H groups in total. The summed E-state index contributed by atoms with van der Waals surface area (Å²) in [6.45, 7) is 6.95. The molecule has 1 aliphatic rings. The summed E-state index contributed by atoms with van der Waals surface area (Å²) in [6, 6.07) is 11.4. The van der Waals surface area contributed by atoms with Gasteiger partial charge in [-0.3, -0.25) is 0 Å². The topological polar surface area (TPSA) is 67.1 Å². The first-order chi connectivity index (χ1) is 13.0. The Hall–Kier alpha value is -1.64. The van der Waals surface area contributed by atoms with Crippen LogP contribution in [0, 0.1) is 6.92 Å². The molecule has 0 saturated heterocycles. The van der Waals surface area contributed by atoms with Crippen molar-refractivity contribution in [2.75, 3.05) is 0 Å².